The fourth-order valence-electron chi connectivity index (χ4n) is 3.70. The summed E-state index contributed by atoms with van der Waals surface area (Å²) >= 11 is 0. The molecule has 0 radical (unpaired) electrons. The fraction of sp³-hybridized carbons (Fsp3) is 0.208. The number of Topliss-reactive ketones (excluding diaryl/α,β-unsaturated/α-hetero) is 1. The van der Waals surface area contributed by atoms with E-state index in [4.69, 9.17) is 9.15 Å². The molecule has 0 aliphatic heterocycles. The van der Waals surface area contributed by atoms with Crippen LogP contribution in [0, 0.1) is 6.92 Å². The average molecular weight is 387 g/mol. The highest BCUT2D eigenvalue weighted by Gasteiger charge is 2.39. The maximum Gasteiger partial charge on any atom is 0.342 e. The maximum absolute atomic E-state index is 13.3. The summed E-state index contributed by atoms with van der Waals surface area (Å²) in [5.41, 5.74) is 3.17. The summed E-state index contributed by atoms with van der Waals surface area (Å²) < 4.78 is 11.2. The van der Waals surface area contributed by atoms with Crippen molar-refractivity contribution in [1.82, 2.24) is 0 Å². The van der Waals surface area contributed by atoms with Gasteiger partial charge < -0.3 is 9.15 Å². The van der Waals surface area contributed by atoms with Crippen LogP contribution < -0.4 is 0 Å². The van der Waals surface area contributed by atoms with Gasteiger partial charge in [-0.1, -0.05) is 54.6 Å². The number of aryl methyl sites for hydroxylation is 1. The monoisotopic (exact) mass is 387 g/mol. The third-order valence-electron chi connectivity index (χ3n) is 5.00. The lowest BCUT2D eigenvalue weighted by Crippen LogP contribution is -2.22. The van der Waals surface area contributed by atoms with Crippen LogP contribution in [0.3, 0.4) is 0 Å². The second kappa shape index (κ2) is 7.87. The molecule has 4 rings (SSSR count). The van der Waals surface area contributed by atoms with Crippen molar-refractivity contribution in [3.8, 4) is 11.3 Å². The first-order valence-corrected chi connectivity index (χ1v) is 9.59. The number of nitrogens with zero attached hydrogens (tertiary/aromatic N) is 1. The molecule has 1 aromatic heterocycles. The number of benzene rings is 2. The van der Waals surface area contributed by atoms with Crippen molar-refractivity contribution in [3.63, 3.8) is 0 Å². The Labute approximate surface area is 169 Å². The van der Waals surface area contributed by atoms with Crippen LogP contribution in [0.25, 0.3) is 11.3 Å². The van der Waals surface area contributed by atoms with Crippen LogP contribution >= 0.6 is 0 Å². The molecular weight excluding hydrogens is 366 g/mol. The van der Waals surface area contributed by atoms with E-state index in [0.717, 1.165) is 5.56 Å². The van der Waals surface area contributed by atoms with Crippen LogP contribution in [0.5, 0.6) is 0 Å². The zero-order valence-corrected chi connectivity index (χ0v) is 16.3. The Balaban J connectivity index is 1.80. The Hall–Kier alpha value is -3.47. The summed E-state index contributed by atoms with van der Waals surface area (Å²) in [5.74, 6) is -0.295. The third-order valence-corrected chi connectivity index (χ3v) is 5.00. The second-order valence-electron chi connectivity index (χ2n) is 6.86. The number of carbonyl (C=O) groups is 2. The maximum atomic E-state index is 13.3. The van der Waals surface area contributed by atoms with Gasteiger partial charge in [0.2, 0.25) is 0 Å². The molecule has 0 N–H and O–H groups in total. The summed E-state index contributed by atoms with van der Waals surface area (Å²) in [5, 5.41) is 0. The molecule has 0 unspecified atom stereocenters. The number of ether oxygens (including phenoxy) is 1. The van der Waals surface area contributed by atoms with Crippen LogP contribution in [0.2, 0.25) is 0 Å². The number of fused-ring (bicyclic) bond motifs is 3. The number of rotatable bonds is 5. The van der Waals surface area contributed by atoms with Gasteiger partial charge >= 0.3 is 5.97 Å². The van der Waals surface area contributed by atoms with Crippen LogP contribution in [0.1, 0.15) is 50.4 Å². The zero-order chi connectivity index (χ0) is 20.4. The molecule has 5 heteroatoms. The highest BCUT2D eigenvalue weighted by molar-refractivity contribution is 6.18. The molecule has 1 heterocycles. The smallest absolute Gasteiger partial charge is 0.342 e. The molecule has 0 saturated carbocycles. The third kappa shape index (κ3) is 3.40. The first-order valence-electron chi connectivity index (χ1n) is 9.59. The van der Waals surface area contributed by atoms with Gasteiger partial charge in [-0.15, -0.1) is 0 Å². The fourth-order valence-corrected chi connectivity index (χ4v) is 3.70. The molecule has 2 aromatic carbocycles. The SMILES string of the molecule is CCOC(=O)c1c(C)oc2c1[C@@H](C=NCc1ccccc1)C(=O)c1ccccc1-2. The van der Waals surface area contributed by atoms with Crippen molar-refractivity contribution in [2.75, 3.05) is 6.61 Å². The lowest BCUT2D eigenvalue weighted by molar-refractivity contribution is 0.0523. The van der Waals surface area contributed by atoms with E-state index in [1.54, 1.807) is 26.1 Å². The molecule has 0 saturated heterocycles. The van der Waals surface area contributed by atoms with Gasteiger partial charge in [0.05, 0.1) is 19.1 Å². The molecule has 1 aliphatic rings. The molecule has 1 atom stereocenters. The van der Waals surface area contributed by atoms with E-state index < -0.39 is 11.9 Å². The molecule has 1 aliphatic carbocycles. The molecule has 0 fully saturated rings. The average Bonchev–Trinajstić information content (AvgIpc) is 3.08. The quantitative estimate of drug-likeness (QED) is 0.457. The molecule has 5 nitrogen and oxygen atoms in total. The molecule has 29 heavy (non-hydrogen) atoms. The highest BCUT2D eigenvalue weighted by atomic mass is 16.5. The van der Waals surface area contributed by atoms with Gasteiger partial charge in [-0.3, -0.25) is 9.79 Å². The summed E-state index contributed by atoms with van der Waals surface area (Å²) in [6.45, 7) is 4.16. The number of hydrogen-bond acceptors (Lipinski definition) is 5. The summed E-state index contributed by atoms with van der Waals surface area (Å²) in [4.78, 5) is 30.4. The van der Waals surface area contributed by atoms with E-state index in [-0.39, 0.29) is 12.4 Å². The van der Waals surface area contributed by atoms with E-state index in [1.807, 2.05) is 48.5 Å². The summed E-state index contributed by atoms with van der Waals surface area (Å²) in [6, 6.07) is 17.1. The van der Waals surface area contributed by atoms with Crippen molar-refractivity contribution >= 4 is 18.0 Å². The summed E-state index contributed by atoms with van der Waals surface area (Å²) in [6.07, 6.45) is 1.63. The van der Waals surface area contributed by atoms with E-state index in [0.29, 0.717) is 40.3 Å². The Morgan fingerprint density at radius 1 is 1.10 bits per heavy atom. The molecule has 146 valence electrons. The first kappa shape index (κ1) is 18.9. The normalized spacial score (nSPS) is 15.2. The predicted octanol–water partition coefficient (Wildman–Crippen LogP) is 4.98. The van der Waals surface area contributed by atoms with Gasteiger partial charge in [0.25, 0.3) is 0 Å². The zero-order valence-electron chi connectivity index (χ0n) is 16.3. The number of furan rings is 1. The largest absolute Gasteiger partial charge is 0.462 e. The Morgan fingerprint density at radius 3 is 2.52 bits per heavy atom. The van der Waals surface area contributed by atoms with Crippen LogP contribution in [0.4, 0.5) is 0 Å². The minimum Gasteiger partial charge on any atom is -0.462 e. The van der Waals surface area contributed by atoms with Crippen LogP contribution in [0.15, 0.2) is 64.0 Å². The van der Waals surface area contributed by atoms with E-state index in [9.17, 15) is 9.59 Å². The first-order chi connectivity index (χ1) is 14.1. The van der Waals surface area contributed by atoms with Crippen molar-refractivity contribution < 1.29 is 18.7 Å². The Morgan fingerprint density at radius 2 is 1.79 bits per heavy atom. The van der Waals surface area contributed by atoms with Gasteiger partial charge in [-0.25, -0.2) is 4.79 Å². The molecule has 3 aromatic rings. The molecular formula is C24H21NO4. The van der Waals surface area contributed by atoms with Gasteiger partial charge in [-0.05, 0) is 19.4 Å². The van der Waals surface area contributed by atoms with Crippen LogP contribution in [-0.2, 0) is 11.3 Å². The number of carbonyl (C=O) groups excluding carboxylic acids is 2. The minimum atomic E-state index is -0.694. The minimum absolute atomic E-state index is 0.101. The van der Waals surface area contributed by atoms with Crippen molar-refractivity contribution in [2.45, 2.75) is 26.3 Å². The van der Waals surface area contributed by atoms with Gasteiger partial charge in [0.1, 0.15) is 17.1 Å². The highest BCUT2D eigenvalue weighted by Crippen LogP contribution is 2.43. The van der Waals surface area contributed by atoms with Crippen molar-refractivity contribution in [1.29, 1.82) is 0 Å². The number of ketones is 1. The Bertz CT molecular complexity index is 1100. The number of esters is 1. The standard InChI is InChI=1S/C24H21NO4/c1-3-28-24(27)20-15(2)29-23-18-12-8-7-11-17(18)22(26)19(21(20)23)14-25-13-16-9-5-4-6-10-16/h4-12,14,19H,3,13H2,1-2H3/t19-/m1/s1. The molecule has 0 spiro atoms. The number of aliphatic imine (C=N–C) groups is 1. The predicted molar refractivity (Wildman–Crippen MR) is 111 cm³/mol. The van der Waals surface area contributed by atoms with Crippen molar-refractivity contribution in [2.24, 2.45) is 4.99 Å². The lowest BCUT2D eigenvalue weighted by Gasteiger charge is -2.21. The van der Waals surface area contributed by atoms with Gasteiger partial charge in [-0.2, -0.15) is 0 Å². The molecule has 0 amide bonds. The molecule has 0 bridgehead atoms. The van der Waals surface area contributed by atoms with Crippen LogP contribution in [-0.4, -0.2) is 24.6 Å². The summed E-state index contributed by atoms with van der Waals surface area (Å²) in [7, 11) is 0. The second-order valence-corrected chi connectivity index (χ2v) is 6.86. The van der Waals surface area contributed by atoms with Gasteiger partial charge in [0.15, 0.2) is 5.78 Å². The van der Waals surface area contributed by atoms with E-state index in [1.165, 1.54) is 0 Å². The number of hydrogen-bond donors (Lipinski definition) is 0. The lowest BCUT2D eigenvalue weighted by atomic mass is 9.80. The topological polar surface area (TPSA) is 68.9 Å². The Kier molecular flexibility index (Phi) is 5.12. The van der Waals surface area contributed by atoms with E-state index in [2.05, 4.69) is 4.99 Å². The van der Waals surface area contributed by atoms with E-state index >= 15 is 0 Å². The van der Waals surface area contributed by atoms with Crippen molar-refractivity contribution in [3.05, 3.63) is 82.6 Å². The van der Waals surface area contributed by atoms with Gasteiger partial charge in [0, 0.05) is 22.9 Å².